The van der Waals surface area contributed by atoms with E-state index in [2.05, 4.69) is 10.3 Å². The second-order valence-electron chi connectivity index (χ2n) is 5.01. The maximum absolute atomic E-state index is 12.1. The van der Waals surface area contributed by atoms with Gasteiger partial charge in [0, 0.05) is 32.1 Å². The Morgan fingerprint density at radius 3 is 2.43 bits per heavy atom. The summed E-state index contributed by atoms with van der Waals surface area (Å²) >= 11 is 0. The number of nitrogens with zero attached hydrogens (tertiary/aromatic N) is 2. The maximum Gasteiger partial charge on any atom is 0.337 e. The van der Waals surface area contributed by atoms with Crippen LogP contribution in [0.15, 0.2) is 18.3 Å². The minimum absolute atomic E-state index is 0.0276. The summed E-state index contributed by atoms with van der Waals surface area (Å²) in [5.74, 6) is -0.994. The van der Waals surface area contributed by atoms with E-state index in [1.807, 2.05) is 0 Å². The van der Waals surface area contributed by atoms with Crippen LogP contribution in [-0.2, 0) is 9.59 Å². The number of amides is 2. The van der Waals surface area contributed by atoms with Crippen LogP contribution < -0.4 is 5.32 Å². The van der Waals surface area contributed by atoms with Crippen LogP contribution in [0.5, 0.6) is 0 Å². The number of hydrogen-bond acceptors (Lipinski definition) is 4. The van der Waals surface area contributed by atoms with Crippen LogP contribution in [-0.4, -0.2) is 45.9 Å². The number of carboxylic acids is 1. The fourth-order valence-corrected chi connectivity index (χ4v) is 2.28. The molecule has 7 nitrogen and oxygen atoms in total. The molecule has 0 atom stereocenters. The Morgan fingerprint density at radius 1 is 1.29 bits per heavy atom. The highest BCUT2D eigenvalue weighted by molar-refractivity contribution is 5.92. The molecule has 1 aliphatic rings. The first kappa shape index (κ1) is 15.0. The molecule has 0 saturated carbocycles. The largest absolute Gasteiger partial charge is 0.478 e. The molecule has 2 N–H and O–H groups in total. The van der Waals surface area contributed by atoms with E-state index in [1.165, 1.54) is 25.3 Å². The number of nitrogens with one attached hydrogen (secondary N) is 1. The molecule has 7 heteroatoms. The summed E-state index contributed by atoms with van der Waals surface area (Å²) in [5.41, 5.74) is 0.0720. The number of aromatic nitrogens is 1. The quantitative estimate of drug-likeness (QED) is 0.864. The lowest BCUT2D eigenvalue weighted by atomic mass is 9.96. The number of rotatable bonds is 3. The van der Waals surface area contributed by atoms with Crippen LogP contribution in [0.25, 0.3) is 0 Å². The Labute approximate surface area is 122 Å². The summed E-state index contributed by atoms with van der Waals surface area (Å²) in [6, 6.07) is 2.86. The third-order valence-corrected chi connectivity index (χ3v) is 3.57. The number of pyridine rings is 1. The van der Waals surface area contributed by atoms with E-state index in [9.17, 15) is 14.4 Å². The zero-order valence-corrected chi connectivity index (χ0v) is 11.7. The third-order valence-electron chi connectivity index (χ3n) is 3.57. The second kappa shape index (κ2) is 6.34. The van der Waals surface area contributed by atoms with Crippen molar-refractivity contribution in [2.24, 2.45) is 5.92 Å². The molecule has 0 aromatic carbocycles. The maximum atomic E-state index is 12.1. The fraction of sp³-hybridized carbons (Fsp3) is 0.429. The van der Waals surface area contributed by atoms with Crippen LogP contribution in [0.1, 0.15) is 30.1 Å². The number of likely N-dealkylation sites (tertiary alicyclic amines) is 1. The first-order valence-electron chi connectivity index (χ1n) is 6.73. The zero-order chi connectivity index (χ0) is 15.4. The van der Waals surface area contributed by atoms with Crippen molar-refractivity contribution < 1.29 is 19.5 Å². The number of carbonyl (C=O) groups excluding carboxylic acids is 2. The molecule has 0 bridgehead atoms. The van der Waals surface area contributed by atoms with Crippen LogP contribution >= 0.6 is 0 Å². The first-order chi connectivity index (χ1) is 9.97. The molecule has 1 fully saturated rings. The first-order valence-corrected chi connectivity index (χ1v) is 6.73. The van der Waals surface area contributed by atoms with Gasteiger partial charge < -0.3 is 15.3 Å². The van der Waals surface area contributed by atoms with Gasteiger partial charge in [0.15, 0.2) is 0 Å². The monoisotopic (exact) mass is 291 g/mol. The summed E-state index contributed by atoms with van der Waals surface area (Å²) in [6.07, 6.45) is 2.45. The number of piperidine rings is 1. The van der Waals surface area contributed by atoms with Gasteiger partial charge in [-0.3, -0.25) is 9.59 Å². The normalized spacial score (nSPS) is 15.6. The number of aromatic carboxylic acids is 1. The predicted octanol–water partition coefficient (Wildman–Crippen LogP) is 0.977. The summed E-state index contributed by atoms with van der Waals surface area (Å²) in [7, 11) is 0. The highest BCUT2D eigenvalue weighted by Crippen LogP contribution is 2.19. The van der Waals surface area contributed by atoms with E-state index < -0.39 is 5.97 Å². The van der Waals surface area contributed by atoms with Crippen LogP contribution in [0, 0.1) is 5.92 Å². The lowest BCUT2D eigenvalue weighted by Crippen LogP contribution is -2.40. The van der Waals surface area contributed by atoms with Gasteiger partial charge in [0.05, 0.1) is 5.56 Å². The summed E-state index contributed by atoms with van der Waals surface area (Å²) in [4.78, 5) is 39.6. The smallest absolute Gasteiger partial charge is 0.337 e. The molecule has 112 valence electrons. The van der Waals surface area contributed by atoms with Crippen molar-refractivity contribution >= 4 is 23.6 Å². The molecule has 2 rings (SSSR count). The van der Waals surface area contributed by atoms with Gasteiger partial charge in [-0.15, -0.1) is 0 Å². The molecular weight excluding hydrogens is 274 g/mol. The minimum atomic E-state index is -1.06. The van der Waals surface area contributed by atoms with Crippen LogP contribution in [0.3, 0.4) is 0 Å². The Kier molecular flexibility index (Phi) is 4.52. The van der Waals surface area contributed by atoms with E-state index >= 15 is 0 Å². The van der Waals surface area contributed by atoms with E-state index in [0.717, 1.165) is 0 Å². The van der Waals surface area contributed by atoms with Crippen molar-refractivity contribution in [2.45, 2.75) is 19.8 Å². The summed E-state index contributed by atoms with van der Waals surface area (Å²) in [5, 5.41) is 11.4. The Morgan fingerprint density at radius 2 is 1.95 bits per heavy atom. The number of anilines is 1. The molecule has 21 heavy (non-hydrogen) atoms. The standard InChI is InChI=1S/C14H17N3O4/c1-9(18)17-6-4-10(5-7-17)13(19)16-12-3-2-11(8-15-12)14(20)21/h2-3,8,10H,4-7H2,1H3,(H,20,21)(H,15,16,19). The molecule has 2 heterocycles. The predicted molar refractivity (Wildman–Crippen MR) is 74.8 cm³/mol. The zero-order valence-electron chi connectivity index (χ0n) is 11.7. The Bertz CT molecular complexity index is 548. The molecular formula is C14H17N3O4. The highest BCUT2D eigenvalue weighted by atomic mass is 16.4. The van der Waals surface area contributed by atoms with Gasteiger partial charge in [-0.25, -0.2) is 9.78 Å². The van der Waals surface area contributed by atoms with E-state index in [-0.39, 0.29) is 23.3 Å². The van der Waals surface area contributed by atoms with Crippen molar-refractivity contribution in [3.63, 3.8) is 0 Å². The molecule has 0 radical (unpaired) electrons. The Balaban J connectivity index is 1.90. The Hall–Kier alpha value is -2.44. The molecule has 0 unspecified atom stereocenters. The SMILES string of the molecule is CC(=O)N1CCC(C(=O)Nc2ccc(C(=O)O)cn2)CC1. The van der Waals surface area contributed by atoms with Crippen molar-refractivity contribution in [1.29, 1.82) is 0 Å². The number of carboxylic acid groups (broad SMARTS) is 1. The molecule has 0 spiro atoms. The lowest BCUT2D eigenvalue weighted by molar-refractivity contribution is -0.132. The van der Waals surface area contributed by atoms with Gasteiger partial charge in [-0.05, 0) is 25.0 Å². The fourth-order valence-electron chi connectivity index (χ4n) is 2.28. The van der Waals surface area contributed by atoms with E-state index in [4.69, 9.17) is 5.11 Å². The van der Waals surface area contributed by atoms with Gasteiger partial charge in [0.25, 0.3) is 0 Å². The number of hydrogen-bond donors (Lipinski definition) is 2. The second-order valence-corrected chi connectivity index (χ2v) is 5.01. The summed E-state index contributed by atoms with van der Waals surface area (Å²) in [6.45, 7) is 2.69. The number of carbonyl (C=O) groups is 3. The third kappa shape index (κ3) is 3.77. The molecule has 1 aliphatic heterocycles. The van der Waals surface area contributed by atoms with Gasteiger partial charge >= 0.3 is 5.97 Å². The topological polar surface area (TPSA) is 99.6 Å². The van der Waals surface area contributed by atoms with E-state index in [1.54, 1.807) is 4.90 Å². The average Bonchev–Trinajstić information content (AvgIpc) is 2.47. The molecule has 2 amide bonds. The van der Waals surface area contributed by atoms with Crippen LogP contribution in [0.2, 0.25) is 0 Å². The average molecular weight is 291 g/mol. The van der Waals surface area contributed by atoms with Crippen molar-refractivity contribution in [2.75, 3.05) is 18.4 Å². The van der Waals surface area contributed by atoms with E-state index in [0.29, 0.717) is 31.7 Å². The van der Waals surface area contributed by atoms with Gasteiger partial charge in [-0.1, -0.05) is 0 Å². The van der Waals surface area contributed by atoms with Crippen molar-refractivity contribution in [3.05, 3.63) is 23.9 Å². The minimum Gasteiger partial charge on any atom is -0.478 e. The van der Waals surface area contributed by atoms with Crippen molar-refractivity contribution in [3.8, 4) is 0 Å². The molecule has 1 saturated heterocycles. The summed E-state index contributed by atoms with van der Waals surface area (Å²) < 4.78 is 0. The lowest BCUT2D eigenvalue weighted by Gasteiger charge is -2.30. The molecule has 1 aromatic heterocycles. The van der Waals surface area contributed by atoms with Crippen LogP contribution in [0.4, 0.5) is 5.82 Å². The molecule has 1 aromatic rings. The molecule has 0 aliphatic carbocycles. The highest BCUT2D eigenvalue weighted by Gasteiger charge is 2.26. The van der Waals surface area contributed by atoms with Gasteiger partial charge in [0.2, 0.25) is 11.8 Å². The van der Waals surface area contributed by atoms with Gasteiger partial charge in [0.1, 0.15) is 5.82 Å². The van der Waals surface area contributed by atoms with Gasteiger partial charge in [-0.2, -0.15) is 0 Å². The van der Waals surface area contributed by atoms with Crippen molar-refractivity contribution in [1.82, 2.24) is 9.88 Å².